The molecule has 2 aromatic rings. The normalized spacial score (nSPS) is 19.6. The van der Waals surface area contributed by atoms with Crippen LogP contribution in [0.1, 0.15) is 25.6 Å². The Kier molecular flexibility index (Phi) is 5.11. The molecule has 1 fully saturated rings. The molecule has 28 heavy (non-hydrogen) atoms. The van der Waals surface area contributed by atoms with Crippen molar-refractivity contribution in [2.45, 2.75) is 38.8 Å². The molecule has 0 aliphatic carbocycles. The van der Waals surface area contributed by atoms with Crippen molar-refractivity contribution >= 4 is 5.91 Å². The van der Waals surface area contributed by atoms with Crippen molar-refractivity contribution in [2.24, 2.45) is 13.0 Å². The summed E-state index contributed by atoms with van der Waals surface area (Å²) in [6.07, 6.45) is 1.96. The fourth-order valence-electron chi connectivity index (χ4n) is 3.98. The predicted molar refractivity (Wildman–Crippen MR) is 103 cm³/mol. The van der Waals surface area contributed by atoms with Gasteiger partial charge in [-0.1, -0.05) is 12.1 Å². The van der Waals surface area contributed by atoms with Gasteiger partial charge in [0.15, 0.2) is 11.5 Å². The molecule has 0 bridgehead atoms. The lowest BCUT2D eigenvalue weighted by Crippen LogP contribution is -2.49. The number of carbonyl (C=O) groups excluding carboxylic acids is 1. The van der Waals surface area contributed by atoms with Crippen LogP contribution >= 0.6 is 0 Å². The number of hydrogen-bond donors (Lipinski definition) is 0. The lowest BCUT2D eigenvalue weighted by Gasteiger charge is -2.35. The highest BCUT2D eigenvalue weighted by Gasteiger charge is 2.33. The molecule has 1 saturated heterocycles. The number of benzene rings is 1. The van der Waals surface area contributed by atoms with Gasteiger partial charge in [0.05, 0.1) is 0 Å². The zero-order valence-electron chi connectivity index (χ0n) is 16.3. The first-order valence-electron chi connectivity index (χ1n) is 9.86. The first kappa shape index (κ1) is 18.6. The van der Waals surface area contributed by atoms with E-state index in [9.17, 15) is 9.59 Å². The summed E-state index contributed by atoms with van der Waals surface area (Å²) in [5, 5.41) is 4.37. The molecule has 1 unspecified atom stereocenters. The fraction of sp³-hybridized carbons (Fsp3) is 0.550. The number of likely N-dealkylation sites (tertiary alicyclic amines) is 1. The van der Waals surface area contributed by atoms with Crippen LogP contribution < -0.4 is 15.2 Å². The van der Waals surface area contributed by atoms with Gasteiger partial charge in [-0.3, -0.25) is 9.36 Å². The second kappa shape index (κ2) is 7.69. The van der Waals surface area contributed by atoms with E-state index in [1.165, 1.54) is 4.68 Å². The zero-order valence-corrected chi connectivity index (χ0v) is 16.3. The summed E-state index contributed by atoms with van der Waals surface area (Å²) in [6.45, 7) is 4.20. The van der Waals surface area contributed by atoms with Gasteiger partial charge in [-0.15, -0.1) is 0 Å². The molecule has 8 heteroatoms. The van der Waals surface area contributed by atoms with Crippen LogP contribution in [0, 0.1) is 5.92 Å². The summed E-state index contributed by atoms with van der Waals surface area (Å²) in [5.41, 5.74) is -0.0696. The molecular weight excluding hydrogens is 360 g/mol. The Balaban J connectivity index is 1.34. The van der Waals surface area contributed by atoms with Gasteiger partial charge in [0.1, 0.15) is 12.4 Å². The first-order valence-corrected chi connectivity index (χ1v) is 9.86. The summed E-state index contributed by atoms with van der Waals surface area (Å²) < 4.78 is 14.6. The first-order chi connectivity index (χ1) is 13.6. The van der Waals surface area contributed by atoms with Crippen LogP contribution in [0.5, 0.6) is 11.5 Å². The van der Waals surface area contributed by atoms with Crippen molar-refractivity contribution in [3.8, 4) is 11.5 Å². The number of aryl methyl sites for hydroxylation is 1. The second-order valence-corrected chi connectivity index (χ2v) is 7.40. The van der Waals surface area contributed by atoms with Crippen LogP contribution in [0.4, 0.5) is 0 Å². The SMILES string of the molecule is CCn1c(CC2CCN(C(=O)C3COc4ccccc4O3)CC2)nn(C)c1=O. The van der Waals surface area contributed by atoms with E-state index < -0.39 is 6.10 Å². The monoisotopic (exact) mass is 386 g/mol. The number of para-hydroxylation sites is 2. The van der Waals surface area contributed by atoms with Crippen LogP contribution in [-0.4, -0.2) is 51.0 Å². The molecule has 4 rings (SSSR count). The second-order valence-electron chi connectivity index (χ2n) is 7.40. The van der Waals surface area contributed by atoms with Crippen LogP contribution in [0.2, 0.25) is 0 Å². The van der Waals surface area contributed by atoms with Gasteiger partial charge >= 0.3 is 5.69 Å². The molecule has 0 spiro atoms. The third kappa shape index (κ3) is 3.50. The van der Waals surface area contributed by atoms with Gasteiger partial charge in [-0.25, -0.2) is 9.48 Å². The van der Waals surface area contributed by atoms with Gasteiger partial charge < -0.3 is 14.4 Å². The van der Waals surface area contributed by atoms with Crippen molar-refractivity contribution in [1.29, 1.82) is 0 Å². The van der Waals surface area contributed by atoms with Crippen LogP contribution in [0.25, 0.3) is 0 Å². The molecule has 0 radical (unpaired) electrons. The maximum absolute atomic E-state index is 12.8. The van der Waals surface area contributed by atoms with E-state index in [0.29, 0.717) is 37.1 Å². The molecule has 1 amide bonds. The standard InChI is InChI=1S/C20H26N4O4/c1-3-24-18(21-22(2)20(24)26)12-14-8-10-23(11-9-14)19(25)17-13-27-15-6-4-5-7-16(15)28-17/h4-7,14,17H,3,8-13H2,1-2H3. The average molecular weight is 386 g/mol. The van der Waals surface area contributed by atoms with Crippen molar-refractivity contribution in [1.82, 2.24) is 19.2 Å². The van der Waals surface area contributed by atoms with Crippen molar-refractivity contribution in [3.05, 3.63) is 40.6 Å². The van der Waals surface area contributed by atoms with Crippen molar-refractivity contribution in [3.63, 3.8) is 0 Å². The van der Waals surface area contributed by atoms with Gasteiger partial charge in [0, 0.05) is 33.1 Å². The van der Waals surface area contributed by atoms with Gasteiger partial charge in [-0.2, -0.15) is 5.10 Å². The summed E-state index contributed by atoms with van der Waals surface area (Å²) in [5.74, 6) is 2.54. The number of fused-ring (bicyclic) bond motifs is 1. The molecule has 0 saturated carbocycles. The number of hydrogen-bond acceptors (Lipinski definition) is 5. The van der Waals surface area contributed by atoms with Crippen LogP contribution in [0.3, 0.4) is 0 Å². The number of rotatable bonds is 4. The van der Waals surface area contributed by atoms with E-state index in [2.05, 4.69) is 5.10 Å². The van der Waals surface area contributed by atoms with Crippen molar-refractivity contribution < 1.29 is 14.3 Å². The quantitative estimate of drug-likeness (QED) is 0.790. The fourth-order valence-corrected chi connectivity index (χ4v) is 3.98. The largest absolute Gasteiger partial charge is 0.485 e. The highest BCUT2D eigenvalue weighted by molar-refractivity contribution is 5.82. The summed E-state index contributed by atoms with van der Waals surface area (Å²) in [4.78, 5) is 26.8. The zero-order chi connectivity index (χ0) is 19.7. The molecule has 2 aliphatic heterocycles. The van der Waals surface area contributed by atoms with Gasteiger partial charge in [0.25, 0.3) is 5.91 Å². The van der Waals surface area contributed by atoms with E-state index in [1.54, 1.807) is 11.6 Å². The minimum atomic E-state index is -0.590. The molecule has 150 valence electrons. The predicted octanol–water partition coefficient (Wildman–Crippen LogP) is 1.22. The average Bonchev–Trinajstić information content (AvgIpc) is 3.00. The van der Waals surface area contributed by atoms with E-state index in [1.807, 2.05) is 36.1 Å². The highest BCUT2D eigenvalue weighted by atomic mass is 16.6. The number of aromatic nitrogens is 3. The Bertz CT molecular complexity index is 911. The minimum absolute atomic E-state index is 0.0174. The Morgan fingerprint density at radius 2 is 1.93 bits per heavy atom. The molecule has 1 aromatic carbocycles. The van der Waals surface area contributed by atoms with Gasteiger partial charge in [0.2, 0.25) is 6.10 Å². The lowest BCUT2D eigenvalue weighted by molar-refractivity contribution is -0.142. The van der Waals surface area contributed by atoms with Gasteiger partial charge in [-0.05, 0) is 37.8 Å². The van der Waals surface area contributed by atoms with Crippen molar-refractivity contribution in [2.75, 3.05) is 19.7 Å². The van der Waals surface area contributed by atoms with E-state index >= 15 is 0 Å². The molecular formula is C20H26N4O4. The Morgan fingerprint density at radius 1 is 1.21 bits per heavy atom. The third-order valence-corrected chi connectivity index (χ3v) is 5.58. The Hall–Kier alpha value is -2.77. The topological polar surface area (TPSA) is 78.6 Å². The molecule has 1 aromatic heterocycles. The minimum Gasteiger partial charge on any atom is -0.485 e. The van der Waals surface area contributed by atoms with E-state index in [4.69, 9.17) is 9.47 Å². The highest BCUT2D eigenvalue weighted by Crippen LogP contribution is 2.31. The number of piperidine rings is 1. The number of ether oxygens (including phenoxy) is 2. The number of amides is 1. The Labute approximate surface area is 163 Å². The molecule has 3 heterocycles. The number of carbonyl (C=O) groups is 1. The smallest absolute Gasteiger partial charge is 0.345 e. The number of nitrogens with zero attached hydrogens (tertiary/aromatic N) is 4. The van der Waals surface area contributed by atoms with Crippen LogP contribution in [0.15, 0.2) is 29.1 Å². The van der Waals surface area contributed by atoms with Crippen LogP contribution in [-0.2, 0) is 24.8 Å². The summed E-state index contributed by atoms with van der Waals surface area (Å²) in [7, 11) is 1.68. The molecule has 1 atom stereocenters. The maximum atomic E-state index is 12.8. The van der Waals surface area contributed by atoms with E-state index in [0.717, 1.165) is 25.1 Å². The third-order valence-electron chi connectivity index (χ3n) is 5.58. The lowest BCUT2D eigenvalue weighted by atomic mass is 9.93. The molecule has 8 nitrogen and oxygen atoms in total. The summed E-state index contributed by atoms with van der Waals surface area (Å²) in [6, 6.07) is 7.42. The Morgan fingerprint density at radius 3 is 2.64 bits per heavy atom. The molecule has 2 aliphatic rings. The summed E-state index contributed by atoms with van der Waals surface area (Å²) >= 11 is 0. The van der Waals surface area contributed by atoms with E-state index in [-0.39, 0.29) is 18.2 Å². The maximum Gasteiger partial charge on any atom is 0.345 e. The molecule has 0 N–H and O–H groups in total.